The minimum absolute atomic E-state index is 0.0164. The highest BCUT2D eigenvalue weighted by Gasteiger charge is 2.11. The van der Waals surface area contributed by atoms with Crippen molar-refractivity contribution in [1.29, 1.82) is 0 Å². The number of anilines is 1. The van der Waals surface area contributed by atoms with Gasteiger partial charge in [-0.05, 0) is 19.1 Å². The molecule has 2 heterocycles. The van der Waals surface area contributed by atoms with Crippen LogP contribution in [0.4, 0.5) is 5.69 Å². The Kier molecular flexibility index (Phi) is 6.51. The summed E-state index contributed by atoms with van der Waals surface area (Å²) in [7, 11) is 1.48. The summed E-state index contributed by atoms with van der Waals surface area (Å²) in [5.74, 6) is -0.584. The van der Waals surface area contributed by atoms with Crippen LogP contribution >= 0.6 is 11.3 Å². The van der Waals surface area contributed by atoms with E-state index in [2.05, 4.69) is 15.4 Å². The largest absolute Gasteiger partial charge is 0.462 e. The minimum atomic E-state index is -0.383. The van der Waals surface area contributed by atoms with Crippen molar-refractivity contribution in [3.8, 4) is 11.3 Å². The Morgan fingerprint density at radius 3 is 2.75 bits per heavy atom. The Bertz CT molecular complexity index is 949. The summed E-state index contributed by atoms with van der Waals surface area (Å²) in [5, 5.41) is 9.76. The minimum Gasteiger partial charge on any atom is -0.462 e. The fourth-order valence-electron chi connectivity index (χ4n) is 2.48. The highest BCUT2D eigenvalue weighted by atomic mass is 32.1. The monoisotopic (exact) mass is 400 g/mol. The average Bonchev–Trinajstić information content (AvgIpc) is 3.33. The fourth-order valence-corrected chi connectivity index (χ4v) is 3.27. The molecule has 0 atom stereocenters. The van der Waals surface area contributed by atoms with Crippen LogP contribution in [-0.4, -0.2) is 47.0 Å². The maximum Gasteiger partial charge on any atom is 0.341 e. The molecule has 2 aromatic heterocycles. The van der Waals surface area contributed by atoms with E-state index in [0.29, 0.717) is 24.4 Å². The third-order valence-electron chi connectivity index (χ3n) is 3.73. The van der Waals surface area contributed by atoms with Crippen molar-refractivity contribution in [2.45, 2.75) is 13.5 Å². The van der Waals surface area contributed by atoms with Gasteiger partial charge in [-0.3, -0.25) is 9.48 Å². The molecule has 146 valence electrons. The molecule has 28 heavy (non-hydrogen) atoms. The number of ether oxygens (including phenoxy) is 2. The van der Waals surface area contributed by atoms with Crippen molar-refractivity contribution >= 4 is 28.9 Å². The van der Waals surface area contributed by atoms with E-state index in [-0.39, 0.29) is 18.5 Å². The maximum absolute atomic E-state index is 11.7. The van der Waals surface area contributed by atoms with Crippen LogP contribution in [0.3, 0.4) is 0 Å². The predicted octanol–water partition coefficient (Wildman–Crippen LogP) is 2.82. The number of rotatable bonds is 8. The van der Waals surface area contributed by atoms with Crippen molar-refractivity contribution in [3.63, 3.8) is 0 Å². The first-order valence-corrected chi connectivity index (χ1v) is 9.50. The number of aromatic nitrogens is 3. The summed E-state index contributed by atoms with van der Waals surface area (Å²) in [5.41, 5.74) is 2.90. The number of hydrogen-bond donors (Lipinski definition) is 1. The SMILES string of the molecule is CCOC(=O)c1cnn(Cc2nc(-c3ccc(NC(=O)COC)cc3)cs2)c1. The third kappa shape index (κ3) is 5.02. The third-order valence-corrected chi connectivity index (χ3v) is 4.57. The topological polar surface area (TPSA) is 95.3 Å². The van der Waals surface area contributed by atoms with E-state index in [1.165, 1.54) is 24.6 Å². The predicted molar refractivity (Wildman–Crippen MR) is 105 cm³/mol. The Labute approximate surface area is 166 Å². The smallest absolute Gasteiger partial charge is 0.341 e. The molecule has 3 aromatic rings. The number of esters is 1. The second-order valence-corrected chi connectivity index (χ2v) is 6.77. The molecule has 9 heteroatoms. The van der Waals surface area contributed by atoms with Gasteiger partial charge in [-0.1, -0.05) is 12.1 Å². The normalized spacial score (nSPS) is 10.6. The van der Waals surface area contributed by atoms with Gasteiger partial charge in [0.25, 0.3) is 0 Å². The highest BCUT2D eigenvalue weighted by Crippen LogP contribution is 2.24. The second kappa shape index (κ2) is 9.25. The molecule has 0 radical (unpaired) electrons. The maximum atomic E-state index is 11.7. The van der Waals surface area contributed by atoms with E-state index < -0.39 is 0 Å². The molecule has 0 unspecified atom stereocenters. The number of thiazole rings is 1. The number of nitrogens with one attached hydrogen (secondary N) is 1. The molecular weight excluding hydrogens is 380 g/mol. The summed E-state index contributed by atoms with van der Waals surface area (Å²) < 4.78 is 11.4. The number of methoxy groups -OCH3 is 1. The van der Waals surface area contributed by atoms with Crippen LogP contribution in [0.1, 0.15) is 22.3 Å². The zero-order valence-corrected chi connectivity index (χ0v) is 16.4. The van der Waals surface area contributed by atoms with E-state index in [9.17, 15) is 9.59 Å². The van der Waals surface area contributed by atoms with Gasteiger partial charge in [0, 0.05) is 29.9 Å². The van der Waals surface area contributed by atoms with Gasteiger partial charge in [0.1, 0.15) is 11.6 Å². The number of benzene rings is 1. The van der Waals surface area contributed by atoms with Crippen molar-refractivity contribution < 1.29 is 19.1 Å². The van der Waals surface area contributed by atoms with Gasteiger partial charge < -0.3 is 14.8 Å². The number of carbonyl (C=O) groups excluding carboxylic acids is 2. The van der Waals surface area contributed by atoms with Crippen LogP contribution in [0.25, 0.3) is 11.3 Å². The summed E-state index contributed by atoms with van der Waals surface area (Å²) >= 11 is 1.51. The van der Waals surface area contributed by atoms with Gasteiger partial charge in [-0.2, -0.15) is 5.10 Å². The average molecular weight is 400 g/mol. The molecule has 3 rings (SSSR count). The lowest BCUT2D eigenvalue weighted by molar-refractivity contribution is -0.119. The second-order valence-electron chi connectivity index (χ2n) is 5.83. The molecular formula is C19H20N4O4S. The highest BCUT2D eigenvalue weighted by molar-refractivity contribution is 7.09. The van der Waals surface area contributed by atoms with Gasteiger partial charge >= 0.3 is 5.97 Å². The van der Waals surface area contributed by atoms with Crippen LogP contribution in [-0.2, 0) is 20.8 Å². The number of hydrogen-bond acceptors (Lipinski definition) is 7. The Hall–Kier alpha value is -3.04. The molecule has 1 aromatic carbocycles. The molecule has 0 aliphatic rings. The molecule has 1 amide bonds. The van der Waals surface area contributed by atoms with Crippen LogP contribution in [0, 0.1) is 0 Å². The fraction of sp³-hybridized carbons (Fsp3) is 0.263. The lowest BCUT2D eigenvalue weighted by Gasteiger charge is -2.05. The van der Waals surface area contributed by atoms with E-state index >= 15 is 0 Å². The summed E-state index contributed by atoms with van der Waals surface area (Å²) in [6.45, 7) is 2.58. The van der Waals surface area contributed by atoms with Gasteiger partial charge in [-0.15, -0.1) is 11.3 Å². The number of amides is 1. The molecule has 0 spiro atoms. The Balaban J connectivity index is 1.64. The lowest BCUT2D eigenvalue weighted by Crippen LogP contribution is -2.16. The summed E-state index contributed by atoms with van der Waals surface area (Å²) in [6.07, 6.45) is 3.14. The van der Waals surface area contributed by atoms with Crippen molar-refractivity contribution in [2.75, 3.05) is 25.6 Å². The van der Waals surface area contributed by atoms with Gasteiger partial charge in [0.2, 0.25) is 5.91 Å². The van der Waals surface area contributed by atoms with Crippen LogP contribution in [0.5, 0.6) is 0 Å². The number of carbonyl (C=O) groups is 2. The summed E-state index contributed by atoms with van der Waals surface area (Å²) in [6, 6.07) is 7.43. The summed E-state index contributed by atoms with van der Waals surface area (Å²) in [4.78, 5) is 27.9. The quantitative estimate of drug-likeness (QED) is 0.584. The number of nitrogens with zero attached hydrogens (tertiary/aromatic N) is 3. The molecule has 0 saturated carbocycles. The van der Waals surface area contributed by atoms with Crippen LogP contribution in [0.2, 0.25) is 0 Å². The molecule has 0 bridgehead atoms. The molecule has 0 fully saturated rings. The first kappa shape index (κ1) is 19.7. The van der Waals surface area contributed by atoms with E-state index in [4.69, 9.17) is 9.47 Å². The van der Waals surface area contributed by atoms with E-state index in [0.717, 1.165) is 16.3 Å². The molecule has 0 saturated heterocycles. The Morgan fingerprint density at radius 1 is 1.25 bits per heavy atom. The first-order valence-electron chi connectivity index (χ1n) is 8.62. The van der Waals surface area contributed by atoms with Gasteiger partial charge in [0.15, 0.2) is 0 Å². The first-order chi connectivity index (χ1) is 13.6. The molecule has 0 aliphatic heterocycles. The zero-order valence-electron chi connectivity index (χ0n) is 15.5. The Morgan fingerprint density at radius 2 is 2.04 bits per heavy atom. The van der Waals surface area contributed by atoms with E-state index in [1.807, 2.05) is 29.6 Å². The van der Waals surface area contributed by atoms with Crippen LogP contribution < -0.4 is 5.32 Å². The lowest BCUT2D eigenvalue weighted by atomic mass is 10.1. The van der Waals surface area contributed by atoms with Crippen molar-refractivity contribution in [1.82, 2.24) is 14.8 Å². The standard InChI is InChI=1S/C19H20N4O4S/c1-3-27-19(25)14-8-20-23(9-14)10-18-22-16(12-28-18)13-4-6-15(7-5-13)21-17(24)11-26-2/h4-9,12H,3,10-11H2,1-2H3,(H,21,24). The van der Waals surface area contributed by atoms with Crippen LogP contribution in [0.15, 0.2) is 42.0 Å². The van der Waals surface area contributed by atoms with Crippen molar-refractivity contribution in [3.05, 3.63) is 52.6 Å². The molecule has 0 aliphatic carbocycles. The van der Waals surface area contributed by atoms with Gasteiger partial charge in [0.05, 0.1) is 30.6 Å². The van der Waals surface area contributed by atoms with Crippen molar-refractivity contribution in [2.24, 2.45) is 0 Å². The van der Waals surface area contributed by atoms with Gasteiger partial charge in [-0.25, -0.2) is 9.78 Å². The zero-order chi connectivity index (χ0) is 19.9. The molecule has 1 N–H and O–H groups in total. The molecule has 8 nitrogen and oxygen atoms in total. The van der Waals surface area contributed by atoms with E-state index in [1.54, 1.807) is 17.8 Å².